The fourth-order valence-electron chi connectivity index (χ4n) is 2.92. The number of fused-ring (bicyclic) bond motifs is 1. The summed E-state index contributed by atoms with van der Waals surface area (Å²) in [5.41, 5.74) is 3.81. The van der Waals surface area contributed by atoms with Crippen molar-refractivity contribution in [2.24, 2.45) is 0 Å². The molecule has 0 radical (unpaired) electrons. The van der Waals surface area contributed by atoms with E-state index in [0.717, 1.165) is 27.8 Å². The number of aryl methyl sites for hydroxylation is 1. The van der Waals surface area contributed by atoms with Crippen molar-refractivity contribution in [3.63, 3.8) is 0 Å². The molecule has 0 unspecified atom stereocenters. The standard InChI is InChI=1S/C22H21NO3/c1-4-26-22(24)21-15(2)23-20-11-6-5-10-18(20)19(21)13-12-16-8-7-9-17(14-16)25-3/h5-14H,4H2,1-3H3/b13-12+. The fraction of sp³-hybridized carbons (Fsp3) is 0.182. The number of rotatable bonds is 5. The van der Waals surface area contributed by atoms with Crippen molar-refractivity contribution in [1.29, 1.82) is 0 Å². The summed E-state index contributed by atoms with van der Waals surface area (Å²) in [6.45, 7) is 3.96. The maximum Gasteiger partial charge on any atom is 0.340 e. The first-order valence-electron chi connectivity index (χ1n) is 8.52. The Kier molecular flexibility index (Phi) is 5.32. The van der Waals surface area contributed by atoms with Gasteiger partial charge in [-0.15, -0.1) is 0 Å². The molecule has 3 rings (SSSR count). The third-order valence-electron chi connectivity index (χ3n) is 4.13. The van der Waals surface area contributed by atoms with Gasteiger partial charge in [-0.3, -0.25) is 4.98 Å². The number of hydrogen-bond donors (Lipinski definition) is 0. The zero-order valence-corrected chi connectivity index (χ0v) is 15.2. The lowest BCUT2D eigenvalue weighted by Crippen LogP contribution is -2.10. The van der Waals surface area contributed by atoms with E-state index in [9.17, 15) is 4.79 Å². The lowest BCUT2D eigenvalue weighted by molar-refractivity contribution is 0.0525. The van der Waals surface area contributed by atoms with Crippen LogP contribution in [0.5, 0.6) is 5.75 Å². The van der Waals surface area contributed by atoms with Crippen LogP contribution >= 0.6 is 0 Å². The van der Waals surface area contributed by atoms with Gasteiger partial charge in [0.1, 0.15) is 5.75 Å². The second-order valence-corrected chi connectivity index (χ2v) is 5.83. The highest BCUT2D eigenvalue weighted by molar-refractivity contribution is 6.03. The predicted molar refractivity (Wildman–Crippen MR) is 104 cm³/mol. The average Bonchev–Trinajstić information content (AvgIpc) is 2.66. The van der Waals surface area contributed by atoms with Gasteiger partial charge in [-0.2, -0.15) is 0 Å². The molecule has 4 heteroatoms. The zero-order chi connectivity index (χ0) is 18.5. The van der Waals surface area contributed by atoms with Gasteiger partial charge in [0.2, 0.25) is 0 Å². The molecule has 4 nitrogen and oxygen atoms in total. The minimum Gasteiger partial charge on any atom is -0.497 e. The summed E-state index contributed by atoms with van der Waals surface area (Å²) < 4.78 is 10.5. The maximum absolute atomic E-state index is 12.5. The first-order valence-corrected chi connectivity index (χ1v) is 8.52. The quantitative estimate of drug-likeness (QED) is 0.616. The summed E-state index contributed by atoms with van der Waals surface area (Å²) in [5.74, 6) is 0.432. The largest absolute Gasteiger partial charge is 0.497 e. The first-order chi connectivity index (χ1) is 12.6. The van der Waals surface area contributed by atoms with Gasteiger partial charge in [0.05, 0.1) is 30.5 Å². The molecule has 0 saturated carbocycles. The van der Waals surface area contributed by atoms with E-state index >= 15 is 0 Å². The van der Waals surface area contributed by atoms with Gasteiger partial charge in [-0.05, 0) is 37.6 Å². The summed E-state index contributed by atoms with van der Waals surface area (Å²) in [7, 11) is 1.64. The number of para-hydroxylation sites is 1. The maximum atomic E-state index is 12.5. The van der Waals surface area contributed by atoms with E-state index in [2.05, 4.69) is 4.98 Å². The molecule has 3 aromatic rings. The number of aromatic nitrogens is 1. The molecular weight excluding hydrogens is 326 g/mol. The minimum atomic E-state index is -0.353. The molecule has 26 heavy (non-hydrogen) atoms. The summed E-state index contributed by atoms with van der Waals surface area (Å²) >= 11 is 0. The lowest BCUT2D eigenvalue weighted by Gasteiger charge is -2.12. The van der Waals surface area contributed by atoms with E-state index in [4.69, 9.17) is 9.47 Å². The Bertz CT molecular complexity index is 976. The van der Waals surface area contributed by atoms with Crippen LogP contribution in [0.15, 0.2) is 48.5 Å². The van der Waals surface area contributed by atoms with Crippen molar-refractivity contribution in [2.75, 3.05) is 13.7 Å². The van der Waals surface area contributed by atoms with Crippen LogP contribution in [0, 0.1) is 6.92 Å². The molecule has 0 amide bonds. The molecule has 1 heterocycles. The highest BCUT2D eigenvalue weighted by atomic mass is 16.5. The number of pyridine rings is 1. The predicted octanol–water partition coefficient (Wildman–Crippen LogP) is 4.90. The van der Waals surface area contributed by atoms with Crippen molar-refractivity contribution in [3.05, 3.63) is 70.9 Å². The fourth-order valence-corrected chi connectivity index (χ4v) is 2.92. The normalized spacial score (nSPS) is 11.0. The van der Waals surface area contributed by atoms with Crippen LogP contribution in [-0.4, -0.2) is 24.7 Å². The Morgan fingerprint density at radius 1 is 1.12 bits per heavy atom. The van der Waals surface area contributed by atoms with E-state index in [1.807, 2.05) is 67.6 Å². The van der Waals surface area contributed by atoms with E-state index in [1.165, 1.54) is 0 Å². The van der Waals surface area contributed by atoms with Gasteiger partial charge in [0.25, 0.3) is 0 Å². The minimum absolute atomic E-state index is 0.324. The first kappa shape index (κ1) is 17.7. The molecule has 0 fully saturated rings. The van der Waals surface area contributed by atoms with Gasteiger partial charge in [0, 0.05) is 10.9 Å². The summed E-state index contributed by atoms with van der Waals surface area (Å²) in [5, 5.41) is 0.917. The van der Waals surface area contributed by atoms with Crippen molar-refractivity contribution >= 4 is 29.0 Å². The van der Waals surface area contributed by atoms with Crippen LogP contribution in [0.25, 0.3) is 23.1 Å². The van der Waals surface area contributed by atoms with Crippen molar-refractivity contribution in [1.82, 2.24) is 4.98 Å². The SMILES string of the molecule is CCOC(=O)c1c(C)nc2ccccc2c1/C=C/c1cccc(OC)c1. The summed E-state index contributed by atoms with van der Waals surface area (Å²) in [6, 6.07) is 15.5. The lowest BCUT2D eigenvalue weighted by atomic mass is 9.99. The molecule has 0 saturated heterocycles. The van der Waals surface area contributed by atoms with E-state index < -0.39 is 0 Å². The molecule has 0 spiro atoms. The number of carbonyl (C=O) groups is 1. The second kappa shape index (κ2) is 7.83. The van der Waals surface area contributed by atoms with E-state index in [1.54, 1.807) is 14.0 Å². The molecular formula is C22H21NO3. The number of methoxy groups -OCH3 is 1. The van der Waals surface area contributed by atoms with Gasteiger partial charge in [0.15, 0.2) is 0 Å². The van der Waals surface area contributed by atoms with Crippen LogP contribution in [0.3, 0.4) is 0 Å². The number of ether oxygens (including phenoxy) is 2. The number of nitrogens with zero attached hydrogens (tertiary/aromatic N) is 1. The Labute approximate surface area is 153 Å². The van der Waals surface area contributed by atoms with E-state index in [-0.39, 0.29) is 5.97 Å². The molecule has 0 aliphatic rings. The van der Waals surface area contributed by atoms with Gasteiger partial charge >= 0.3 is 5.97 Å². The molecule has 0 bridgehead atoms. The van der Waals surface area contributed by atoms with Crippen LogP contribution in [0.4, 0.5) is 0 Å². The Hall–Kier alpha value is -3.14. The Morgan fingerprint density at radius 3 is 2.69 bits per heavy atom. The third kappa shape index (κ3) is 3.59. The van der Waals surface area contributed by atoms with Crippen LogP contribution in [0.2, 0.25) is 0 Å². The number of esters is 1. The molecule has 0 aliphatic carbocycles. The molecule has 132 valence electrons. The Balaban J connectivity index is 2.16. The highest BCUT2D eigenvalue weighted by Crippen LogP contribution is 2.26. The summed E-state index contributed by atoms with van der Waals surface area (Å²) in [6.07, 6.45) is 3.91. The van der Waals surface area contributed by atoms with Crippen LogP contribution in [0.1, 0.15) is 34.1 Å². The van der Waals surface area contributed by atoms with E-state index in [0.29, 0.717) is 17.9 Å². The van der Waals surface area contributed by atoms with Crippen molar-refractivity contribution < 1.29 is 14.3 Å². The molecule has 0 aliphatic heterocycles. The monoisotopic (exact) mass is 347 g/mol. The Morgan fingerprint density at radius 2 is 1.92 bits per heavy atom. The van der Waals surface area contributed by atoms with Gasteiger partial charge < -0.3 is 9.47 Å². The number of benzene rings is 2. The van der Waals surface area contributed by atoms with Crippen LogP contribution in [-0.2, 0) is 4.74 Å². The molecule has 0 N–H and O–H groups in total. The molecule has 0 atom stereocenters. The summed E-state index contributed by atoms with van der Waals surface area (Å²) in [4.78, 5) is 17.1. The van der Waals surface area contributed by atoms with Crippen molar-refractivity contribution in [3.8, 4) is 5.75 Å². The second-order valence-electron chi connectivity index (χ2n) is 5.83. The van der Waals surface area contributed by atoms with Gasteiger partial charge in [-0.25, -0.2) is 4.79 Å². The average molecular weight is 347 g/mol. The third-order valence-corrected chi connectivity index (χ3v) is 4.13. The van der Waals surface area contributed by atoms with Crippen LogP contribution < -0.4 is 4.74 Å². The smallest absolute Gasteiger partial charge is 0.340 e. The number of hydrogen-bond acceptors (Lipinski definition) is 4. The molecule has 2 aromatic carbocycles. The highest BCUT2D eigenvalue weighted by Gasteiger charge is 2.18. The molecule has 1 aromatic heterocycles. The zero-order valence-electron chi connectivity index (χ0n) is 15.2. The topological polar surface area (TPSA) is 48.4 Å². The number of carbonyl (C=O) groups excluding carboxylic acids is 1. The van der Waals surface area contributed by atoms with Crippen molar-refractivity contribution in [2.45, 2.75) is 13.8 Å². The van der Waals surface area contributed by atoms with Gasteiger partial charge in [-0.1, -0.05) is 42.5 Å².